The van der Waals surface area contributed by atoms with Crippen molar-refractivity contribution in [3.05, 3.63) is 200 Å². The van der Waals surface area contributed by atoms with Crippen LogP contribution in [0.3, 0.4) is 0 Å². The third-order valence-electron chi connectivity index (χ3n) is 12.4. The highest BCUT2D eigenvalue weighted by atomic mass is 15.1. The molecule has 0 aromatic heterocycles. The molecule has 11 rings (SSSR count). The average molecular weight is 757 g/mol. The van der Waals surface area contributed by atoms with E-state index in [0.717, 1.165) is 45.3 Å². The van der Waals surface area contributed by atoms with E-state index in [0.29, 0.717) is 0 Å². The molecule has 0 heterocycles. The van der Waals surface area contributed by atoms with E-state index in [4.69, 9.17) is 0 Å². The van der Waals surface area contributed by atoms with E-state index >= 15 is 0 Å². The van der Waals surface area contributed by atoms with Crippen molar-refractivity contribution in [1.29, 1.82) is 0 Å². The molecule has 0 saturated heterocycles. The van der Waals surface area contributed by atoms with Crippen molar-refractivity contribution >= 4 is 104 Å². The molecule has 282 valence electrons. The minimum Gasteiger partial charge on any atom is -0.310 e. The highest BCUT2D eigenvalue weighted by Gasteiger charge is 2.24. The lowest BCUT2D eigenvalue weighted by molar-refractivity contribution is 0.590. The van der Waals surface area contributed by atoms with Crippen LogP contribution in [0.4, 0.5) is 34.1 Å². The first-order valence-electron chi connectivity index (χ1n) is 20.6. The fourth-order valence-corrected chi connectivity index (χ4v) is 9.62. The van der Waals surface area contributed by atoms with Crippen LogP contribution in [-0.2, 0) is 5.41 Å². The summed E-state index contributed by atoms with van der Waals surface area (Å²) in [5.41, 5.74) is 10.4. The molecule has 2 heteroatoms. The van der Waals surface area contributed by atoms with Crippen LogP contribution in [0.5, 0.6) is 0 Å². The van der Waals surface area contributed by atoms with Gasteiger partial charge in [-0.3, -0.25) is 0 Å². The van der Waals surface area contributed by atoms with Crippen molar-refractivity contribution in [1.82, 2.24) is 0 Å². The molecule has 0 bridgehead atoms. The number of para-hydroxylation sites is 2. The van der Waals surface area contributed by atoms with Gasteiger partial charge >= 0.3 is 0 Å². The van der Waals surface area contributed by atoms with Crippen LogP contribution in [-0.4, -0.2) is 0 Å². The Hall–Kier alpha value is -7.16. The summed E-state index contributed by atoms with van der Waals surface area (Å²) in [5.74, 6) is 0. The average Bonchev–Trinajstić information content (AvgIpc) is 3.78. The monoisotopic (exact) mass is 756 g/mol. The number of anilines is 6. The van der Waals surface area contributed by atoms with Crippen LogP contribution in [0.15, 0.2) is 189 Å². The third-order valence-corrected chi connectivity index (χ3v) is 12.4. The first-order valence-corrected chi connectivity index (χ1v) is 20.6. The maximum absolute atomic E-state index is 4.17. The quantitative estimate of drug-likeness (QED) is 0.149. The zero-order valence-electron chi connectivity index (χ0n) is 33.9. The van der Waals surface area contributed by atoms with Crippen molar-refractivity contribution in [3.63, 3.8) is 0 Å². The number of rotatable bonds is 7. The Bertz CT molecular complexity index is 3360. The summed E-state index contributed by atoms with van der Waals surface area (Å²) in [5, 5.41) is 15.7. The normalized spacial score (nSPS) is 12.1. The SMILES string of the molecule is C=C(C)c1ccc(N(c2ccccc2)c2ccc3c(c2)c2cccc4c2c3c2cccc3c5cc(N(c6ccccc6)c6ccc(C(C)(C)C)cc6)ccc5c4c32)cc1. The van der Waals surface area contributed by atoms with Crippen molar-refractivity contribution < 1.29 is 0 Å². The van der Waals surface area contributed by atoms with Crippen LogP contribution in [0, 0.1) is 0 Å². The van der Waals surface area contributed by atoms with Gasteiger partial charge in [0.2, 0.25) is 0 Å². The first kappa shape index (κ1) is 35.0. The Kier molecular flexibility index (Phi) is 7.83. The summed E-state index contributed by atoms with van der Waals surface area (Å²) in [6.45, 7) is 13.0. The van der Waals surface area contributed by atoms with Crippen LogP contribution in [0.1, 0.15) is 38.8 Å². The molecule has 0 aliphatic rings. The van der Waals surface area contributed by atoms with Crippen LogP contribution < -0.4 is 9.80 Å². The van der Waals surface area contributed by atoms with Gasteiger partial charge in [-0.05, 0) is 161 Å². The third kappa shape index (κ3) is 5.47. The fourth-order valence-electron chi connectivity index (χ4n) is 9.62. The molecule has 59 heavy (non-hydrogen) atoms. The van der Waals surface area contributed by atoms with Gasteiger partial charge in [0.05, 0.1) is 0 Å². The molecule has 0 saturated carbocycles. The summed E-state index contributed by atoms with van der Waals surface area (Å²) in [7, 11) is 0. The molecule has 11 aromatic rings. The minimum absolute atomic E-state index is 0.0845. The zero-order chi connectivity index (χ0) is 40.0. The summed E-state index contributed by atoms with van der Waals surface area (Å²) in [6.07, 6.45) is 0. The number of fused-ring (bicyclic) bond motifs is 8. The largest absolute Gasteiger partial charge is 0.310 e. The van der Waals surface area contributed by atoms with Gasteiger partial charge in [0, 0.05) is 34.1 Å². The topological polar surface area (TPSA) is 6.48 Å². The molecule has 0 aliphatic carbocycles. The van der Waals surface area contributed by atoms with Gasteiger partial charge in [-0.1, -0.05) is 142 Å². The second kappa shape index (κ2) is 13.2. The summed E-state index contributed by atoms with van der Waals surface area (Å²) in [6, 6.07) is 67.3. The minimum atomic E-state index is 0.0845. The van der Waals surface area contributed by atoms with Crippen molar-refractivity contribution in [2.24, 2.45) is 0 Å². The van der Waals surface area contributed by atoms with Crippen molar-refractivity contribution in [3.8, 4) is 0 Å². The van der Waals surface area contributed by atoms with E-state index in [1.807, 2.05) is 0 Å². The summed E-state index contributed by atoms with van der Waals surface area (Å²) >= 11 is 0. The molecule has 0 spiro atoms. The molecule has 0 atom stereocenters. The number of benzene rings is 9. The Morgan fingerprint density at radius 2 is 0.712 bits per heavy atom. The van der Waals surface area contributed by atoms with Gasteiger partial charge < -0.3 is 9.80 Å². The van der Waals surface area contributed by atoms with Crippen LogP contribution in [0.2, 0.25) is 0 Å². The molecular weight excluding hydrogens is 713 g/mol. The maximum Gasteiger partial charge on any atom is 0.0468 e. The first-order chi connectivity index (χ1) is 28.7. The van der Waals surface area contributed by atoms with Crippen molar-refractivity contribution in [2.75, 3.05) is 9.80 Å². The van der Waals surface area contributed by atoms with Gasteiger partial charge in [0.15, 0.2) is 0 Å². The molecular formula is C57H44N2. The Balaban J connectivity index is 1.12. The van der Waals surface area contributed by atoms with E-state index < -0.39 is 0 Å². The molecule has 0 N–H and O–H groups in total. The molecule has 11 aromatic carbocycles. The lowest BCUT2D eigenvalue weighted by atomic mass is 9.87. The number of hydrogen-bond donors (Lipinski definition) is 0. The smallest absolute Gasteiger partial charge is 0.0468 e. The van der Waals surface area contributed by atoms with Crippen LogP contribution in [0.25, 0.3) is 70.2 Å². The number of hydrogen-bond acceptors (Lipinski definition) is 2. The second-order valence-electron chi connectivity index (χ2n) is 17.1. The van der Waals surface area contributed by atoms with Gasteiger partial charge in [-0.2, -0.15) is 0 Å². The Labute approximate surface area is 345 Å². The number of allylic oxidation sites excluding steroid dienone is 1. The zero-order valence-corrected chi connectivity index (χ0v) is 33.9. The Morgan fingerprint density at radius 1 is 0.356 bits per heavy atom. The van der Waals surface area contributed by atoms with Crippen molar-refractivity contribution in [2.45, 2.75) is 33.1 Å². The highest BCUT2D eigenvalue weighted by molar-refractivity contribution is 6.47. The van der Waals surface area contributed by atoms with Gasteiger partial charge in [-0.25, -0.2) is 0 Å². The van der Waals surface area contributed by atoms with E-state index in [1.165, 1.54) is 70.2 Å². The van der Waals surface area contributed by atoms with E-state index in [-0.39, 0.29) is 5.41 Å². The summed E-state index contributed by atoms with van der Waals surface area (Å²) < 4.78 is 0. The predicted octanol–water partition coefficient (Wildman–Crippen LogP) is 16.8. The van der Waals surface area contributed by atoms with E-state index in [2.05, 4.69) is 226 Å². The molecule has 0 unspecified atom stereocenters. The molecule has 0 amide bonds. The lowest BCUT2D eigenvalue weighted by Gasteiger charge is -2.27. The molecule has 0 aliphatic heterocycles. The summed E-state index contributed by atoms with van der Waals surface area (Å²) in [4.78, 5) is 4.75. The number of nitrogens with zero attached hydrogens (tertiary/aromatic N) is 2. The molecule has 0 radical (unpaired) electrons. The lowest BCUT2D eigenvalue weighted by Crippen LogP contribution is -2.13. The molecule has 0 fully saturated rings. The molecule has 2 nitrogen and oxygen atoms in total. The van der Waals surface area contributed by atoms with Gasteiger partial charge in [0.1, 0.15) is 0 Å². The fraction of sp³-hybridized carbons (Fsp3) is 0.0877. The highest BCUT2D eigenvalue weighted by Crippen LogP contribution is 2.52. The van der Waals surface area contributed by atoms with Gasteiger partial charge in [0.25, 0.3) is 0 Å². The van der Waals surface area contributed by atoms with Crippen LogP contribution >= 0.6 is 0 Å². The van der Waals surface area contributed by atoms with E-state index in [1.54, 1.807) is 0 Å². The van der Waals surface area contributed by atoms with Gasteiger partial charge in [-0.15, -0.1) is 0 Å². The van der Waals surface area contributed by atoms with E-state index in [9.17, 15) is 0 Å². The Morgan fingerprint density at radius 3 is 1.12 bits per heavy atom. The second-order valence-corrected chi connectivity index (χ2v) is 17.1. The predicted molar refractivity (Wildman–Crippen MR) is 257 cm³/mol. The maximum atomic E-state index is 4.17. The standard InChI is InChI=1S/C57H44N2/c1-36(2)37-22-26-41(27-23-37)58(39-14-8-6-9-15-39)43-30-32-47-51(34-43)45-18-12-20-49-53(45)55(47)50-21-13-19-46-52-35-44(31-33-48(52)56(49)54(46)50)59(40-16-10-7-11-17-40)42-28-24-38(25-29-42)57(3,4)5/h6-35H,1H2,2-5H3.